The summed E-state index contributed by atoms with van der Waals surface area (Å²) in [4.78, 5) is 6.52. The number of aliphatic imine (C=N–C) groups is 1. The van der Waals surface area contributed by atoms with Crippen LogP contribution in [0.3, 0.4) is 0 Å². The highest BCUT2D eigenvalue weighted by atomic mass is 16.5. The Morgan fingerprint density at radius 2 is 1.88 bits per heavy atom. The van der Waals surface area contributed by atoms with Gasteiger partial charge in [0.05, 0.1) is 42.6 Å². The van der Waals surface area contributed by atoms with E-state index >= 15 is 0 Å². The summed E-state index contributed by atoms with van der Waals surface area (Å²) in [6.07, 6.45) is 3.22. The quantitative estimate of drug-likeness (QED) is 0.528. The Morgan fingerprint density at radius 3 is 2.46 bits per heavy atom. The number of rotatable bonds is 8. The highest BCUT2D eigenvalue weighted by molar-refractivity contribution is 6.22. The number of nitrogens with one attached hydrogen (secondary N) is 1. The van der Waals surface area contributed by atoms with Gasteiger partial charge in [-0.3, -0.25) is 5.41 Å². The van der Waals surface area contributed by atoms with Crippen LogP contribution in [-0.4, -0.2) is 54.5 Å². The summed E-state index contributed by atoms with van der Waals surface area (Å²) in [5.74, 6) is 0.451. The van der Waals surface area contributed by atoms with Gasteiger partial charge in [0.2, 0.25) is 0 Å². The molecule has 1 aromatic rings. The lowest BCUT2D eigenvalue weighted by Crippen LogP contribution is -2.29. The van der Waals surface area contributed by atoms with Gasteiger partial charge in [0.1, 0.15) is 5.76 Å². The summed E-state index contributed by atoms with van der Waals surface area (Å²) in [6, 6.07) is 5.74. The van der Waals surface area contributed by atoms with E-state index in [9.17, 15) is 10.2 Å². The first-order valence-electron chi connectivity index (χ1n) is 8.57. The minimum absolute atomic E-state index is 0.0153. The van der Waals surface area contributed by atoms with Crippen molar-refractivity contribution in [2.45, 2.75) is 13.8 Å². The van der Waals surface area contributed by atoms with Crippen LogP contribution in [0.4, 0.5) is 11.4 Å². The largest absolute Gasteiger partial charge is 0.492 e. The zero-order chi connectivity index (χ0) is 19.1. The van der Waals surface area contributed by atoms with E-state index in [1.165, 1.54) is 6.08 Å². The average molecular weight is 358 g/mol. The summed E-state index contributed by atoms with van der Waals surface area (Å²) in [5, 5.41) is 26.3. The van der Waals surface area contributed by atoms with E-state index in [-0.39, 0.29) is 18.9 Å². The number of allylic oxidation sites excluding steroid dienone is 2. The van der Waals surface area contributed by atoms with Crippen LogP contribution in [0, 0.1) is 12.3 Å². The maximum atomic E-state index is 9.18. The van der Waals surface area contributed by atoms with E-state index in [2.05, 4.69) is 4.99 Å². The molecule has 0 saturated heterocycles. The van der Waals surface area contributed by atoms with Gasteiger partial charge in [-0.15, -0.1) is 0 Å². The Labute approximate surface area is 153 Å². The van der Waals surface area contributed by atoms with Gasteiger partial charge in [-0.05, 0) is 43.7 Å². The van der Waals surface area contributed by atoms with Gasteiger partial charge in [0, 0.05) is 24.9 Å². The van der Waals surface area contributed by atoms with Crippen molar-refractivity contribution in [1.82, 2.24) is 0 Å². The fourth-order valence-electron chi connectivity index (χ4n) is 2.66. The normalized spacial score (nSPS) is 15.7. The summed E-state index contributed by atoms with van der Waals surface area (Å²) < 4.78 is 5.45. The Hall–Kier alpha value is -2.64. The molecule has 26 heavy (non-hydrogen) atoms. The molecule has 0 spiro atoms. The third-order valence-electron chi connectivity index (χ3n) is 3.95. The molecule has 5 N–H and O–H groups in total. The number of aliphatic hydroxyl groups is 2. The number of anilines is 1. The Balaban J connectivity index is 2.33. The highest BCUT2D eigenvalue weighted by Gasteiger charge is 2.16. The topological polar surface area (TPSA) is 115 Å². The van der Waals surface area contributed by atoms with E-state index < -0.39 is 0 Å². The van der Waals surface area contributed by atoms with E-state index in [4.69, 9.17) is 15.9 Å². The maximum Gasteiger partial charge on any atom is 0.146 e. The molecule has 0 radical (unpaired) electrons. The molecule has 7 heteroatoms. The number of hydrogen-bond acceptors (Lipinski definition) is 7. The van der Waals surface area contributed by atoms with E-state index in [0.29, 0.717) is 36.9 Å². The SMILES string of the molecule is CCOC1=CC(=Nc2ccc(N(CCO)CCO)cc2C)C(N)=CC1=N. The van der Waals surface area contributed by atoms with Crippen LogP contribution in [0.25, 0.3) is 0 Å². The van der Waals surface area contributed by atoms with E-state index in [0.717, 1.165) is 16.9 Å². The molecule has 0 unspecified atom stereocenters. The maximum absolute atomic E-state index is 9.18. The Bertz CT molecular complexity index is 747. The molecule has 0 aromatic heterocycles. The molecule has 7 nitrogen and oxygen atoms in total. The number of nitrogens with zero attached hydrogens (tertiary/aromatic N) is 2. The number of aryl methyl sites for hydroxylation is 1. The molecule has 140 valence electrons. The molecule has 0 bridgehead atoms. The molecule has 0 fully saturated rings. The molecule has 0 amide bonds. The van der Waals surface area contributed by atoms with Gasteiger partial charge >= 0.3 is 0 Å². The van der Waals surface area contributed by atoms with Crippen molar-refractivity contribution >= 4 is 22.8 Å². The number of ether oxygens (including phenoxy) is 1. The lowest BCUT2D eigenvalue weighted by Gasteiger charge is -2.23. The molecular weight excluding hydrogens is 332 g/mol. The lowest BCUT2D eigenvalue weighted by molar-refractivity contribution is 0.250. The van der Waals surface area contributed by atoms with E-state index in [1.54, 1.807) is 6.08 Å². The van der Waals surface area contributed by atoms with Crippen LogP contribution in [-0.2, 0) is 4.74 Å². The van der Waals surface area contributed by atoms with Crippen molar-refractivity contribution < 1.29 is 14.9 Å². The predicted molar refractivity (Wildman–Crippen MR) is 104 cm³/mol. The lowest BCUT2D eigenvalue weighted by atomic mass is 10.1. The fourth-order valence-corrected chi connectivity index (χ4v) is 2.66. The van der Waals surface area contributed by atoms with Crippen LogP contribution >= 0.6 is 0 Å². The van der Waals surface area contributed by atoms with Crippen molar-refractivity contribution in [3.63, 3.8) is 0 Å². The van der Waals surface area contributed by atoms with Crippen LogP contribution in [0.15, 0.2) is 46.8 Å². The monoisotopic (exact) mass is 358 g/mol. The van der Waals surface area contributed by atoms with Crippen molar-refractivity contribution in [3.05, 3.63) is 47.4 Å². The highest BCUT2D eigenvalue weighted by Crippen LogP contribution is 2.26. The fraction of sp³-hybridized carbons (Fsp3) is 0.368. The van der Waals surface area contributed by atoms with Crippen molar-refractivity contribution in [1.29, 1.82) is 5.41 Å². The zero-order valence-electron chi connectivity index (χ0n) is 15.2. The molecule has 2 rings (SSSR count). The first-order chi connectivity index (χ1) is 12.5. The van der Waals surface area contributed by atoms with Crippen molar-refractivity contribution in [2.75, 3.05) is 37.8 Å². The molecule has 1 aliphatic rings. The van der Waals surface area contributed by atoms with Crippen LogP contribution in [0.1, 0.15) is 12.5 Å². The van der Waals surface area contributed by atoms with Gasteiger partial charge < -0.3 is 25.6 Å². The molecular formula is C19H26N4O3. The van der Waals surface area contributed by atoms with Crippen LogP contribution < -0.4 is 10.6 Å². The molecule has 0 saturated carbocycles. The number of nitrogens with two attached hydrogens (primary N) is 1. The van der Waals surface area contributed by atoms with Gasteiger partial charge in [0.15, 0.2) is 0 Å². The second-order valence-corrected chi connectivity index (χ2v) is 5.86. The summed E-state index contributed by atoms with van der Waals surface area (Å²) in [6.45, 7) is 5.20. The molecule has 1 aliphatic carbocycles. The number of benzene rings is 1. The smallest absolute Gasteiger partial charge is 0.146 e. The summed E-state index contributed by atoms with van der Waals surface area (Å²) in [7, 11) is 0. The Kier molecular flexibility index (Phi) is 6.94. The van der Waals surface area contributed by atoms with Gasteiger partial charge in [-0.1, -0.05) is 0 Å². The standard InChI is InChI=1S/C19H26N4O3/c1-3-26-19-12-18(15(20)11-16(19)21)22-17-5-4-14(10-13(17)2)23(6-8-24)7-9-25/h4-5,10-12,21,24-25H,3,6-9,20H2,1-2H3. The first-order valence-corrected chi connectivity index (χ1v) is 8.57. The molecule has 0 aliphatic heterocycles. The molecule has 1 aromatic carbocycles. The third-order valence-corrected chi connectivity index (χ3v) is 3.95. The zero-order valence-corrected chi connectivity index (χ0v) is 15.2. The Morgan fingerprint density at radius 1 is 1.19 bits per heavy atom. The van der Waals surface area contributed by atoms with Crippen LogP contribution in [0.5, 0.6) is 0 Å². The average Bonchev–Trinajstić information content (AvgIpc) is 2.60. The van der Waals surface area contributed by atoms with Gasteiger partial charge in [0.25, 0.3) is 0 Å². The summed E-state index contributed by atoms with van der Waals surface area (Å²) >= 11 is 0. The van der Waals surface area contributed by atoms with Gasteiger partial charge in [-0.25, -0.2) is 4.99 Å². The molecule has 0 atom stereocenters. The predicted octanol–water partition coefficient (Wildman–Crippen LogP) is 1.65. The third kappa shape index (κ3) is 4.71. The summed E-state index contributed by atoms with van der Waals surface area (Å²) in [5.41, 5.74) is 9.83. The van der Waals surface area contributed by atoms with Crippen molar-refractivity contribution in [2.24, 2.45) is 10.7 Å². The number of hydrogen-bond donors (Lipinski definition) is 4. The second-order valence-electron chi connectivity index (χ2n) is 5.86. The minimum Gasteiger partial charge on any atom is -0.492 e. The van der Waals surface area contributed by atoms with Crippen LogP contribution in [0.2, 0.25) is 0 Å². The molecule has 0 heterocycles. The van der Waals surface area contributed by atoms with Gasteiger partial charge in [-0.2, -0.15) is 0 Å². The first kappa shape index (κ1) is 19.7. The van der Waals surface area contributed by atoms with E-state index in [1.807, 2.05) is 36.9 Å². The number of aliphatic hydroxyl groups excluding tert-OH is 2. The minimum atomic E-state index is 0.0153. The second kappa shape index (κ2) is 9.17. The van der Waals surface area contributed by atoms with Crippen molar-refractivity contribution in [3.8, 4) is 0 Å².